The third kappa shape index (κ3) is 1.44. The Bertz CT molecular complexity index is 116. The van der Waals surface area contributed by atoms with Crippen molar-refractivity contribution in [1.29, 1.82) is 0 Å². The van der Waals surface area contributed by atoms with Crippen molar-refractivity contribution in [2.24, 2.45) is 11.8 Å². The van der Waals surface area contributed by atoms with Crippen molar-refractivity contribution >= 4 is 0 Å². The summed E-state index contributed by atoms with van der Waals surface area (Å²) in [6, 6.07) is 0. The maximum atomic E-state index is 12.7. The van der Waals surface area contributed by atoms with Gasteiger partial charge in [-0.25, -0.2) is 8.78 Å². The number of nitrogens with two attached hydrogens (primary N) is 1. The molecule has 0 bridgehead atoms. The van der Waals surface area contributed by atoms with Gasteiger partial charge in [0.15, 0.2) is 0 Å². The second-order valence-corrected chi connectivity index (χ2v) is 2.76. The molecule has 0 unspecified atom stereocenters. The zero-order valence-corrected chi connectivity index (χ0v) is 5.74. The lowest BCUT2D eigenvalue weighted by Gasteiger charge is -2.17. The van der Waals surface area contributed by atoms with Gasteiger partial charge < -0.3 is 0 Å². The average Bonchev–Trinajstić information content (AvgIpc) is 2.13. The zero-order valence-electron chi connectivity index (χ0n) is 5.74. The first-order valence-corrected chi connectivity index (χ1v) is 3.48. The summed E-state index contributed by atoms with van der Waals surface area (Å²) in [6.45, 7) is 0.229. The summed E-state index contributed by atoms with van der Waals surface area (Å²) in [4.78, 5) is 0. The van der Waals surface area contributed by atoms with Crippen molar-refractivity contribution < 1.29 is 8.78 Å². The molecule has 0 aromatic carbocycles. The van der Waals surface area contributed by atoms with Crippen molar-refractivity contribution in [3.05, 3.63) is 0 Å². The molecule has 1 aliphatic rings. The van der Waals surface area contributed by atoms with E-state index in [2.05, 4.69) is 5.43 Å². The maximum absolute atomic E-state index is 12.7. The first kappa shape index (κ1) is 7.88. The molecule has 1 saturated carbocycles. The zero-order chi connectivity index (χ0) is 7.61. The number of hydrogen-bond acceptors (Lipinski definition) is 2. The Kier molecular flexibility index (Phi) is 2.21. The Balaban J connectivity index is 2.43. The maximum Gasteiger partial charge on any atom is 0.252 e. The number of alkyl halides is 2. The Labute approximate surface area is 58.7 Å². The summed E-state index contributed by atoms with van der Waals surface area (Å²) in [7, 11) is 0. The highest BCUT2D eigenvalue weighted by atomic mass is 19.3. The molecule has 3 N–H and O–H groups in total. The third-order valence-corrected chi connectivity index (χ3v) is 2.02. The fourth-order valence-electron chi connectivity index (χ4n) is 1.39. The molecule has 0 aromatic heterocycles. The summed E-state index contributed by atoms with van der Waals surface area (Å²) >= 11 is 0. The van der Waals surface area contributed by atoms with E-state index in [1.807, 2.05) is 0 Å². The van der Waals surface area contributed by atoms with Crippen molar-refractivity contribution in [3.63, 3.8) is 0 Å². The second kappa shape index (κ2) is 2.80. The van der Waals surface area contributed by atoms with Crippen LogP contribution in [-0.4, -0.2) is 12.5 Å². The number of hydrazine groups is 1. The Morgan fingerprint density at radius 3 is 2.70 bits per heavy atom. The molecule has 1 fully saturated rings. The van der Waals surface area contributed by atoms with Gasteiger partial charge in [-0.2, -0.15) is 0 Å². The van der Waals surface area contributed by atoms with Crippen LogP contribution in [0.2, 0.25) is 0 Å². The lowest BCUT2D eigenvalue weighted by atomic mass is 10.1. The molecule has 60 valence electrons. The minimum absolute atomic E-state index is 0.0271. The molecule has 0 saturated heterocycles. The molecule has 1 rings (SSSR count). The van der Waals surface area contributed by atoms with E-state index in [0.29, 0.717) is 12.8 Å². The van der Waals surface area contributed by atoms with Crippen LogP contribution in [0.1, 0.15) is 19.3 Å². The number of halogens is 2. The SMILES string of the molecule is NNC[C@@H]1CCCC1(F)F. The van der Waals surface area contributed by atoms with E-state index < -0.39 is 11.8 Å². The summed E-state index contributed by atoms with van der Waals surface area (Å²) in [5, 5.41) is 0. The smallest absolute Gasteiger partial charge is 0.252 e. The lowest BCUT2D eigenvalue weighted by molar-refractivity contribution is -0.0358. The Morgan fingerprint density at radius 1 is 1.60 bits per heavy atom. The van der Waals surface area contributed by atoms with Crippen LogP contribution >= 0.6 is 0 Å². The lowest BCUT2D eigenvalue weighted by Crippen LogP contribution is -2.35. The fourth-order valence-corrected chi connectivity index (χ4v) is 1.39. The average molecular weight is 150 g/mol. The molecule has 1 atom stereocenters. The van der Waals surface area contributed by atoms with Gasteiger partial charge in [-0.3, -0.25) is 11.3 Å². The molecular formula is C6H12F2N2. The first-order chi connectivity index (χ1) is 4.67. The van der Waals surface area contributed by atoms with Crippen LogP contribution < -0.4 is 11.3 Å². The molecule has 4 heteroatoms. The van der Waals surface area contributed by atoms with E-state index in [4.69, 9.17) is 5.84 Å². The number of rotatable bonds is 2. The summed E-state index contributed by atoms with van der Waals surface area (Å²) in [6.07, 6.45) is 1.25. The molecule has 10 heavy (non-hydrogen) atoms. The topological polar surface area (TPSA) is 38.0 Å². The van der Waals surface area contributed by atoms with Crippen molar-refractivity contribution in [2.45, 2.75) is 25.2 Å². The normalized spacial score (nSPS) is 30.9. The summed E-state index contributed by atoms with van der Waals surface area (Å²) in [5.41, 5.74) is 2.29. The summed E-state index contributed by atoms with van der Waals surface area (Å²) < 4.78 is 25.4. The standard InChI is InChI=1S/C6H12F2N2/c7-6(8)3-1-2-5(6)4-10-9/h5,10H,1-4,9H2/t5-/m0/s1. The van der Waals surface area contributed by atoms with E-state index in [0.717, 1.165) is 0 Å². The molecule has 1 aliphatic carbocycles. The van der Waals surface area contributed by atoms with Crippen LogP contribution in [0.3, 0.4) is 0 Å². The van der Waals surface area contributed by atoms with Gasteiger partial charge in [0.05, 0.1) is 0 Å². The van der Waals surface area contributed by atoms with E-state index in [1.165, 1.54) is 0 Å². The first-order valence-electron chi connectivity index (χ1n) is 3.48. The monoisotopic (exact) mass is 150 g/mol. The van der Waals surface area contributed by atoms with E-state index >= 15 is 0 Å². The van der Waals surface area contributed by atoms with Crippen LogP contribution in [0.25, 0.3) is 0 Å². The highest BCUT2D eigenvalue weighted by Gasteiger charge is 2.42. The van der Waals surface area contributed by atoms with E-state index in [-0.39, 0.29) is 13.0 Å². The van der Waals surface area contributed by atoms with Gasteiger partial charge in [0, 0.05) is 18.9 Å². The summed E-state index contributed by atoms with van der Waals surface area (Å²) in [5.74, 6) is 1.92. The van der Waals surface area contributed by atoms with E-state index in [9.17, 15) is 8.78 Å². The molecule has 0 heterocycles. The van der Waals surface area contributed by atoms with Gasteiger partial charge in [-0.1, -0.05) is 0 Å². The van der Waals surface area contributed by atoms with Gasteiger partial charge in [0.25, 0.3) is 5.92 Å². The molecule has 0 spiro atoms. The highest BCUT2D eigenvalue weighted by Crippen LogP contribution is 2.39. The van der Waals surface area contributed by atoms with Gasteiger partial charge in [-0.15, -0.1) is 0 Å². The molecule has 2 nitrogen and oxygen atoms in total. The molecule has 0 radical (unpaired) electrons. The van der Waals surface area contributed by atoms with E-state index in [1.54, 1.807) is 0 Å². The fraction of sp³-hybridized carbons (Fsp3) is 1.00. The predicted molar refractivity (Wildman–Crippen MR) is 34.5 cm³/mol. The Hall–Kier alpha value is -0.220. The quantitative estimate of drug-likeness (QED) is 0.453. The van der Waals surface area contributed by atoms with Crippen LogP contribution in [0.15, 0.2) is 0 Å². The van der Waals surface area contributed by atoms with Crippen LogP contribution in [0, 0.1) is 5.92 Å². The minimum atomic E-state index is -2.48. The third-order valence-electron chi connectivity index (χ3n) is 2.02. The minimum Gasteiger partial charge on any atom is -0.271 e. The van der Waals surface area contributed by atoms with Gasteiger partial charge >= 0.3 is 0 Å². The largest absolute Gasteiger partial charge is 0.271 e. The van der Waals surface area contributed by atoms with Crippen LogP contribution in [0.4, 0.5) is 8.78 Å². The number of nitrogens with one attached hydrogen (secondary N) is 1. The Morgan fingerprint density at radius 2 is 2.30 bits per heavy atom. The van der Waals surface area contributed by atoms with Gasteiger partial charge in [-0.05, 0) is 12.8 Å². The molecule has 0 aliphatic heterocycles. The predicted octanol–water partition coefficient (Wildman–Crippen LogP) is 0.885. The van der Waals surface area contributed by atoms with Crippen LogP contribution in [0.5, 0.6) is 0 Å². The number of hydrogen-bond donors (Lipinski definition) is 2. The van der Waals surface area contributed by atoms with Gasteiger partial charge in [0.1, 0.15) is 0 Å². The van der Waals surface area contributed by atoms with Crippen molar-refractivity contribution in [3.8, 4) is 0 Å². The highest BCUT2D eigenvalue weighted by molar-refractivity contribution is 4.84. The van der Waals surface area contributed by atoms with Gasteiger partial charge in [0.2, 0.25) is 0 Å². The van der Waals surface area contributed by atoms with Crippen LogP contribution in [-0.2, 0) is 0 Å². The second-order valence-electron chi connectivity index (χ2n) is 2.76. The molecule has 0 aromatic rings. The molecular weight excluding hydrogens is 138 g/mol. The van der Waals surface area contributed by atoms with Crippen molar-refractivity contribution in [1.82, 2.24) is 5.43 Å². The molecule has 0 amide bonds. The van der Waals surface area contributed by atoms with Crippen molar-refractivity contribution in [2.75, 3.05) is 6.54 Å².